The van der Waals surface area contributed by atoms with Crippen molar-refractivity contribution in [1.29, 1.82) is 0 Å². The maximum atomic E-state index is 2.53. The van der Waals surface area contributed by atoms with Crippen molar-refractivity contribution in [2.75, 3.05) is 0 Å². The van der Waals surface area contributed by atoms with E-state index >= 15 is 0 Å². The topological polar surface area (TPSA) is 3.88 Å². The van der Waals surface area contributed by atoms with Gasteiger partial charge < -0.3 is 0 Å². The minimum absolute atomic E-state index is 0.667. The van der Waals surface area contributed by atoms with Crippen molar-refractivity contribution in [3.05, 3.63) is 47.2 Å². The fourth-order valence-electron chi connectivity index (χ4n) is 4.18. The Kier molecular flexibility index (Phi) is 7.07. The van der Waals surface area contributed by atoms with Gasteiger partial charge in [-0.1, -0.05) is 59.5 Å². The second kappa shape index (κ2) is 8.73. The van der Waals surface area contributed by atoms with E-state index in [1.54, 1.807) is 10.8 Å². The van der Waals surface area contributed by atoms with Gasteiger partial charge >= 0.3 is 0 Å². The van der Waals surface area contributed by atoms with Crippen LogP contribution in [0.1, 0.15) is 63.1 Å². The molecule has 1 aromatic carbocycles. The predicted molar refractivity (Wildman–Crippen MR) is 123 cm³/mol. The van der Waals surface area contributed by atoms with E-state index in [0.717, 1.165) is 6.42 Å². The highest BCUT2D eigenvalue weighted by Gasteiger charge is 2.28. The lowest BCUT2D eigenvalue weighted by molar-refractivity contribution is -0.660. The second-order valence-corrected chi connectivity index (χ2v) is 14.7. The molecular formula is C25H40NSi+. The van der Waals surface area contributed by atoms with Crippen LogP contribution in [0.4, 0.5) is 0 Å². The van der Waals surface area contributed by atoms with Crippen molar-refractivity contribution in [2.24, 2.45) is 13.0 Å². The molecular weight excluding hydrogens is 342 g/mol. The molecule has 0 N–H and O–H groups in total. The predicted octanol–water partition coefficient (Wildman–Crippen LogP) is 6.13. The number of benzene rings is 1. The number of pyridine rings is 1. The SMILES string of the molecule is CCC(CC)c1c[n+](C)c(-c2cc(CC(C)C)ccc2C)cc1[Si](C)(C)C. The Morgan fingerprint density at radius 3 is 2.15 bits per heavy atom. The molecule has 0 spiro atoms. The first-order valence-electron chi connectivity index (χ1n) is 10.7. The summed E-state index contributed by atoms with van der Waals surface area (Å²) in [7, 11) is 0.795. The van der Waals surface area contributed by atoms with Crippen molar-refractivity contribution in [2.45, 2.75) is 79.4 Å². The van der Waals surface area contributed by atoms with Crippen molar-refractivity contribution in [3.8, 4) is 11.3 Å². The van der Waals surface area contributed by atoms with Crippen molar-refractivity contribution >= 4 is 13.3 Å². The molecule has 0 fully saturated rings. The fraction of sp³-hybridized carbons (Fsp3) is 0.560. The summed E-state index contributed by atoms with van der Waals surface area (Å²) in [6, 6.07) is 9.56. The van der Waals surface area contributed by atoms with E-state index in [-0.39, 0.29) is 0 Å². The summed E-state index contributed by atoms with van der Waals surface area (Å²) >= 11 is 0. The maximum absolute atomic E-state index is 2.53. The first-order valence-corrected chi connectivity index (χ1v) is 14.2. The zero-order valence-corrected chi connectivity index (χ0v) is 20.1. The third-order valence-electron chi connectivity index (χ3n) is 5.76. The van der Waals surface area contributed by atoms with E-state index < -0.39 is 8.07 Å². The van der Waals surface area contributed by atoms with E-state index in [1.165, 1.54) is 35.2 Å². The highest BCUT2D eigenvalue weighted by molar-refractivity contribution is 6.89. The Balaban J connectivity index is 2.68. The van der Waals surface area contributed by atoms with Crippen molar-refractivity contribution in [1.82, 2.24) is 0 Å². The largest absolute Gasteiger partial charge is 0.212 e. The van der Waals surface area contributed by atoms with Gasteiger partial charge in [-0.05, 0) is 60.4 Å². The van der Waals surface area contributed by atoms with Gasteiger partial charge in [0.1, 0.15) is 7.05 Å². The maximum Gasteiger partial charge on any atom is 0.212 e. The highest BCUT2D eigenvalue weighted by atomic mass is 28.3. The zero-order chi connectivity index (χ0) is 20.4. The third kappa shape index (κ3) is 5.10. The second-order valence-electron chi connectivity index (χ2n) is 9.65. The minimum Gasteiger partial charge on any atom is -0.201 e. The van der Waals surface area contributed by atoms with Gasteiger partial charge in [0.25, 0.3) is 0 Å². The molecule has 0 bridgehead atoms. The average Bonchev–Trinajstić information content (AvgIpc) is 2.56. The molecule has 1 aromatic heterocycles. The molecule has 1 nitrogen and oxygen atoms in total. The minimum atomic E-state index is -1.43. The first kappa shape index (κ1) is 21.9. The Labute approximate surface area is 168 Å². The van der Waals surface area contributed by atoms with Gasteiger partial charge in [-0.2, -0.15) is 0 Å². The molecule has 0 saturated heterocycles. The van der Waals surface area contributed by atoms with Crippen molar-refractivity contribution < 1.29 is 4.57 Å². The number of aryl methyl sites for hydroxylation is 2. The lowest BCUT2D eigenvalue weighted by Crippen LogP contribution is -2.45. The van der Waals surface area contributed by atoms with E-state index in [4.69, 9.17) is 0 Å². The molecule has 0 aliphatic carbocycles. The molecule has 0 amide bonds. The van der Waals surface area contributed by atoms with Gasteiger partial charge in [0.05, 0.1) is 8.07 Å². The van der Waals surface area contributed by atoms with E-state index in [0.29, 0.717) is 11.8 Å². The number of hydrogen-bond donors (Lipinski definition) is 0. The molecule has 0 saturated carbocycles. The standard InChI is InChI=1S/C25H40NSi/c1-10-21(11-2)23-17-26(6)24(16-25(23)27(7,8)9)22-15-20(14-18(3)4)13-12-19(22)5/h12-13,15-18,21H,10-11,14H2,1-9H3/q+1. The average molecular weight is 383 g/mol. The molecule has 27 heavy (non-hydrogen) atoms. The summed E-state index contributed by atoms with van der Waals surface area (Å²) in [6.07, 6.45) is 6.02. The van der Waals surface area contributed by atoms with Gasteiger partial charge in [-0.3, -0.25) is 0 Å². The quantitative estimate of drug-likeness (QED) is 0.400. The third-order valence-corrected chi connectivity index (χ3v) is 7.81. The normalized spacial score (nSPS) is 12.3. The Hall–Kier alpha value is -1.41. The molecule has 0 unspecified atom stereocenters. The molecule has 2 rings (SSSR count). The molecule has 1 heterocycles. The van der Waals surface area contributed by atoms with Crippen LogP contribution in [0, 0.1) is 12.8 Å². The van der Waals surface area contributed by atoms with Crippen LogP contribution in [0.3, 0.4) is 0 Å². The van der Waals surface area contributed by atoms with Crippen molar-refractivity contribution in [3.63, 3.8) is 0 Å². The monoisotopic (exact) mass is 382 g/mol. The lowest BCUT2D eigenvalue weighted by atomic mass is 9.93. The van der Waals surface area contributed by atoms with Crippen LogP contribution in [0.25, 0.3) is 11.3 Å². The number of aromatic nitrogens is 1. The van der Waals surface area contributed by atoms with Crippen LogP contribution in [0.2, 0.25) is 19.6 Å². The van der Waals surface area contributed by atoms with Gasteiger partial charge in [-0.25, -0.2) is 4.57 Å². The number of hydrogen-bond acceptors (Lipinski definition) is 0. The van der Waals surface area contributed by atoms with E-state index in [2.05, 4.69) is 96.3 Å². The molecule has 0 aliphatic heterocycles. The molecule has 0 aliphatic rings. The highest BCUT2D eigenvalue weighted by Crippen LogP contribution is 2.27. The van der Waals surface area contributed by atoms with Crippen LogP contribution in [0.15, 0.2) is 30.5 Å². The van der Waals surface area contributed by atoms with Gasteiger partial charge in [0.2, 0.25) is 5.69 Å². The lowest BCUT2D eigenvalue weighted by Gasteiger charge is -2.25. The molecule has 0 radical (unpaired) electrons. The molecule has 2 heteroatoms. The van der Waals surface area contributed by atoms with E-state index in [9.17, 15) is 0 Å². The van der Waals surface area contributed by atoms with Gasteiger partial charge in [-0.15, -0.1) is 0 Å². The van der Waals surface area contributed by atoms with E-state index in [1.807, 2.05) is 0 Å². The number of nitrogens with zero attached hydrogens (tertiary/aromatic N) is 1. The van der Waals surface area contributed by atoms with Gasteiger partial charge in [0.15, 0.2) is 6.20 Å². The Bertz CT molecular complexity index is 780. The first-order chi connectivity index (χ1) is 12.6. The van der Waals surface area contributed by atoms with Crippen LogP contribution in [0.5, 0.6) is 0 Å². The van der Waals surface area contributed by atoms with Gasteiger partial charge in [0, 0.05) is 17.2 Å². The summed E-state index contributed by atoms with van der Waals surface area (Å²) in [5, 5.41) is 1.64. The molecule has 0 atom stereocenters. The zero-order valence-electron chi connectivity index (χ0n) is 19.1. The Morgan fingerprint density at radius 1 is 1.00 bits per heavy atom. The summed E-state index contributed by atoms with van der Waals surface area (Å²) in [6.45, 7) is 19.0. The van der Waals surface area contributed by atoms with Crippen LogP contribution < -0.4 is 9.75 Å². The summed E-state index contributed by atoms with van der Waals surface area (Å²) in [4.78, 5) is 0. The fourth-order valence-corrected chi connectivity index (χ4v) is 5.89. The smallest absolute Gasteiger partial charge is 0.201 e. The van der Waals surface area contributed by atoms with Crippen LogP contribution in [-0.4, -0.2) is 8.07 Å². The summed E-state index contributed by atoms with van der Waals surface area (Å²) < 4.78 is 2.37. The number of rotatable bonds is 7. The molecule has 2 aromatic rings. The summed E-state index contributed by atoms with van der Waals surface area (Å²) in [5.74, 6) is 1.35. The summed E-state index contributed by atoms with van der Waals surface area (Å²) in [5.41, 5.74) is 7.16. The molecule has 148 valence electrons. The van der Waals surface area contributed by atoms with Crippen LogP contribution >= 0.6 is 0 Å². The van der Waals surface area contributed by atoms with Crippen LogP contribution in [-0.2, 0) is 13.5 Å². The Morgan fingerprint density at radius 2 is 1.63 bits per heavy atom.